The standard InChI is InChI=1S/C25H25N3O3/c1-29-18-11-8-16(9-12-18)24-19-6-4-5-7-21(19)28-25(20(24)15-26)27-17-10-13-22(30-2)23(14-17)31-3/h8-14H,4-7H2,1-3H3,(H,27,28). The number of rotatable bonds is 6. The van der Waals surface area contributed by atoms with E-state index in [0.717, 1.165) is 53.9 Å². The van der Waals surface area contributed by atoms with Crippen LogP contribution in [-0.2, 0) is 12.8 Å². The van der Waals surface area contributed by atoms with Gasteiger partial charge in [0.25, 0.3) is 0 Å². The van der Waals surface area contributed by atoms with Crippen LogP contribution in [0.15, 0.2) is 42.5 Å². The highest BCUT2D eigenvalue weighted by atomic mass is 16.5. The van der Waals surface area contributed by atoms with E-state index in [1.54, 1.807) is 21.3 Å². The number of nitriles is 1. The summed E-state index contributed by atoms with van der Waals surface area (Å²) in [7, 11) is 4.85. The van der Waals surface area contributed by atoms with Crippen LogP contribution in [0.25, 0.3) is 11.1 Å². The molecule has 2 aromatic carbocycles. The van der Waals surface area contributed by atoms with E-state index in [2.05, 4.69) is 11.4 Å². The lowest BCUT2D eigenvalue weighted by molar-refractivity contribution is 0.355. The van der Waals surface area contributed by atoms with Crippen molar-refractivity contribution in [1.29, 1.82) is 5.26 Å². The molecule has 1 heterocycles. The Kier molecular flexibility index (Phi) is 5.94. The van der Waals surface area contributed by atoms with Crippen molar-refractivity contribution in [2.24, 2.45) is 0 Å². The summed E-state index contributed by atoms with van der Waals surface area (Å²) < 4.78 is 16.0. The molecule has 0 saturated carbocycles. The lowest BCUT2D eigenvalue weighted by atomic mass is 9.86. The average molecular weight is 415 g/mol. The lowest BCUT2D eigenvalue weighted by Gasteiger charge is -2.23. The molecule has 1 aromatic heterocycles. The molecule has 0 fully saturated rings. The van der Waals surface area contributed by atoms with E-state index < -0.39 is 0 Å². The fraction of sp³-hybridized carbons (Fsp3) is 0.280. The molecule has 0 unspecified atom stereocenters. The first-order chi connectivity index (χ1) is 15.2. The van der Waals surface area contributed by atoms with E-state index in [9.17, 15) is 5.26 Å². The van der Waals surface area contributed by atoms with Crippen molar-refractivity contribution in [1.82, 2.24) is 4.98 Å². The van der Waals surface area contributed by atoms with Crippen LogP contribution in [-0.4, -0.2) is 26.3 Å². The van der Waals surface area contributed by atoms with Crippen molar-refractivity contribution < 1.29 is 14.2 Å². The van der Waals surface area contributed by atoms with Crippen molar-refractivity contribution >= 4 is 11.5 Å². The highest BCUT2D eigenvalue weighted by Gasteiger charge is 2.23. The molecule has 0 amide bonds. The molecule has 0 spiro atoms. The molecule has 3 aromatic rings. The Morgan fingerprint density at radius 1 is 0.903 bits per heavy atom. The number of pyridine rings is 1. The molecule has 6 heteroatoms. The zero-order valence-electron chi connectivity index (χ0n) is 18.0. The first-order valence-corrected chi connectivity index (χ1v) is 10.3. The Hall–Kier alpha value is -3.72. The smallest absolute Gasteiger partial charge is 0.162 e. The van der Waals surface area contributed by atoms with Gasteiger partial charge in [-0.05, 0) is 61.1 Å². The summed E-state index contributed by atoms with van der Waals surface area (Å²) in [6.07, 6.45) is 4.04. The number of benzene rings is 2. The summed E-state index contributed by atoms with van der Waals surface area (Å²) >= 11 is 0. The minimum Gasteiger partial charge on any atom is -0.497 e. The van der Waals surface area contributed by atoms with Crippen LogP contribution in [0.3, 0.4) is 0 Å². The maximum Gasteiger partial charge on any atom is 0.162 e. The van der Waals surface area contributed by atoms with Crippen molar-refractivity contribution in [3.05, 3.63) is 59.3 Å². The number of nitrogens with one attached hydrogen (secondary N) is 1. The molecule has 31 heavy (non-hydrogen) atoms. The Bertz CT molecular complexity index is 1130. The second-order valence-corrected chi connectivity index (χ2v) is 7.38. The minimum absolute atomic E-state index is 0.542. The molecule has 1 aliphatic carbocycles. The Balaban J connectivity index is 1.84. The Morgan fingerprint density at radius 3 is 2.32 bits per heavy atom. The van der Waals surface area contributed by atoms with Gasteiger partial charge in [0.05, 0.1) is 21.3 Å². The maximum atomic E-state index is 10.1. The second-order valence-electron chi connectivity index (χ2n) is 7.38. The summed E-state index contributed by atoms with van der Waals surface area (Å²) in [6, 6.07) is 15.8. The fourth-order valence-electron chi connectivity index (χ4n) is 4.07. The monoisotopic (exact) mass is 415 g/mol. The zero-order valence-corrected chi connectivity index (χ0v) is 18.0. The number of hydrogen-bond acceptors (Lipinski definition) is 6. The van der Waals surface area contributed by atoms with Crippen LogP contribution in [0.4, 0.5) is 11.5 Å². The third-order valence-corrected chi connectivity index (χ3v) is 5.61. The van der Waals surface area contributed by atoms with Gasteiger partial charge in [0, 0.05) is 23.0 Å². The molecule has 4 rings (SSSR count). The zero-order chi connectivity index (χ0) is 21.8. The number of hydrogen-bond donors (Lipinski definition) is 1. The molecule has 1 N–H and O–H groups in total. The summed E-state index contributed by atoms with van der Waals surface area (Å²) in [5, 5.41) is 13.5. The third-order valence-electron chi connectivity index (χ3n) is 5.61. The summed E-state index contributed by atoms with van der Waals surface area (Å²) in [4.78, 5) is 4.87. The van der Waals surface area contributed by atoms with Crippen LogP contribution >= 0.6 is 0 Å². The molecule has 1 aliphatic rings. The number of aryl methyl sites for hydroxylation is 1. The minimum atomic E-state index is 0.542. The second kappa shape index (κ2) is 8.97. The number of fused-ring (bicyclic) bond motifs is 1. The fourth-order valence-corrected chi connectivity index (χ4v) is 4.07. The van der Waals surface area contributed by atoms with Crippen LogP contribution in [0.5, 0.6) is 17.2 Å². The van der Waals surface area contributed by atoms with Crippen molar-refractivity contribution in [2.45, 2.75) is 25.7 Å². The number of ether oxygens (including phenoxy) is 3. The van der Waals surface area contributed by atoms with Gasteiger partial charge in [-0.2, -0.15) is 5.26 Å². The lowest BCUT2D eigenvalue weighted by Crippen LogP contribution is -2.12. The van der Waals surface area contributed by atoms with Crippen molar-refractivity contribution in [3.63, 3.8) is 0 Å². The summed E-state index contributed by atoms with van der Waals surface area (Å²) in [5.41, 5.74) is 5.50. The molecule has 0 atom stereocenters. The first kappa shape index (κ1) is 20.5. The molecular weight excluding hydrogens is 390 g/mol. The number of anilines is 2. The molecule has 0 aliphatic heterocycles. The van der Waals surface area contributed by atoms with Gasteiger partial charge in [0.2, 0.25) is 0 Å². The van der Waals surface area contributed by atoms with E-state index in [4.69, 9.17) is 19.2 Å². The summed E-state index contributed by atoms with van der Waals surface area (Å²) in [5.74, 6) is 2.60. The molecule has 0 saturated heterocycles. The highest BCUT2D eigenvalue weighted by molar-refractivity contribution is 5.82. The van der Waals surface area contributed by atoms with E-state index in [-0.39, 0.29) is 0 Å². The molecule has 6 nitrogen and oxygen atoms in total. The molecule has 0 radical (unpaired) electrons. The summed E-state index contributed by atoms with van der Waals surface area (Å²) in [6.45, 7) is 0. The van der Waals surface area contributed by atoms with Gasteiger partial charge in [-0.3, -0.25) is 0 Å². The van der Waals surface area contributed by atoms with Crippen LogP contribution in [0, 0.1) is 11.3 Å². The number of methoxy groups -OCH3 is 3. The van der Waals surface area contributed by atoms with Crippen molar-refractivity contribution in [3.8, 4) is 34.4 Å². The first-order valence-electron chi connectivity index (χ1n) is 10.3. The van der Waals surface area contributed by atoms with E-state index in [1.165, 1.54) is 5.56 Å². The molecular formula is C25H25N3O3. The predicted molar refractivity (Wildman–Crippen MR) is 120 cm³/mol. The van der Waals surface area contributed by atoms with E-state index in [0.29, 0.717) is 22.9 Å². The highest BCUT2D eigenvalue weighted by Crippen LogP contribution is 2.39. The van der Waals surface area contributed by atoms with Gasteiger partial charge >= 0.3 is 0 Å². The predicted octanol–water partition coefficient (Wildman–Crippen LogP) is 5.27. The van der Waals surface area contributed by atoms with Crippen LogP contribution in [0.1, 0.15) is 29.7 Å². The topological polar surface area (TPSA) is 76.4 Å². The van der Waals surface area contributed by atoms with Gasteiger partial charge in [0.1, 0.15) is 23.2 Å². The van der Waals surface area contributed by atoms with E-state index >= 15 is 0 Å². The SMILES string of the molecule is COc1ccc(-c2c(C#N)c(Nc3ccc(OC)c(OC)c3)nc3c2CCCC3)cc1. The van der Waals surface area contributed by atoms with Crippen LogP contribution in [0.2, 0.25) is 0 Å². The number of nitrogens with zero attached hydrogens (tertiary/aromatic N) is 2. The van der Waals surface area contributed by atoms with Gasteiger partial charge in [-0.1, -0.05) is 12.1 Å². The van der Waals surface area contributed by atoms with Gasteiger partial charge in [0.15, 0.2) is 11.5 Å². The van der Waals surface area contributed by atoms with Crippen molar-refractivity contribution in [2.75, 3.05) is 26.6 Å². The molecule has 0 bridgehead atoms. The average Bonchev–Trinajstić information content (AvgIpc) is 2.83. The van der Waals surface area contributed by atoms with Gasteiger partial charge < -0.3 is 19.5 Å². The molecule has 158 valence electrons. The van der Waals surface area contributed by atoms with Gasteiger partial charge in [-0.25, -0.2) is 4.98 Å². The number of aromatic nitrogens is 1. The van der Waals surface area contributed by atoms with E-state index in [1.807, 2.05) is 42.5 Å². The quantitative estimate of drug-likeness (QED) is 0.591. The van der Waals surface area contributed by atoms with Gasteiger partial charge in [-0.15, -0.1) is 0 Å². The maximum absolute atomic E-state index is 10.1. The Labute approximate surface area is 182 Å². The largest absolute Gasteiger partial charge is 0.497 e. The third kappa shape index (κ3) is 3.99. The normalized spacial score (nSPS) is 12.5. The van der Waals surface area contributed by atoms with Crippen LogP contribution < -0.4 is 19.5 Å². The Morgan fingerprint density at radius 2 is 1.65 bits per heavy atom.